The highest BCUT2D eigenvalue weighted by Crippen LogP contribution is 2.18. The molecule has 0 aliphatic carbocycles. The summed E-state index contributed by atoms with van der Waals surface area (Å²) in [5.41, 5.74) is 1.66. The number of rotatable bonds is 4. The fourth-order valence-electron chi connectivity index (χ4n) is 3.33. The number of nitrogens with zero attached hydrogens (tertiary/aromatic N) is 3. The Kier molecular flexibility index (Phi) is 6.00. The van der Waals surface area contributed by atoms with Gasteiger partial charge in [-0.1, -0.05) is 31.0 Å². The maximum Gasteiger partial charge on any atom is 0.276 e. The SMILES string of the molecule is CCN(C(=O)c1cc(C(=O)N2CCCCCC2)ccn1)c1ccccc1. The Morgan fingerprint density at radius 3 is 2.38 bits per heavy atom. The zero-order valence-electron chi connectivity index (χ0n) is 15.2. The second-order valence-corrected chi connectivity index (χ2v) is 6.52. The van der Waals surface area contributed by atoms with Crippen LogP contribution in [0, 0.1) is 0 Å². The molecule has 1 aliphatic heterocycles. The maximum absolute atomic E-state index is 12.9. The van der Waals surface area contributed by atoms with E-state index in [2.05, 4.69) is 4.98 Å². The lowest BCUT2D eigenvalue weighted by atomic mass is 10.1. The van der Waals surface area contributed by atoms with Crippen LogP contribution in [-0.4, -0.2) is 41.3 Å². The van der Waals surface area contributed by atoms with Gasteiger partial charge in [0, 0.05) is 37.1 Å². The molecule has 0 unspecified atom stereocenters. The molecule has 1 aromatic heterocycles. The summed E-state index contributed by atoms with van der Waals surface area (Å²) < 4.78 is 0. The molecule has 2 aromatic rings. The Bertz CT molecular complexity index is 753. The lowest BCUT2D eigenvalue weighted by Crippen LogP contribution is -2.33. The zero-order valence-corrected chi connectivity index (χ0v) is 15.2. The van der Waals surface area contributed by atoms with Crippen molar-refractivity contribution in [2.24, 2.45) is 0 Å². The van der Waals surface area contributed by atoms with Crippen LogP contribution in [0.15, 0.2) is 48.7 Å². The summed E-state index contributed by atoms with van der Waals surface area (Å²) in [6.45, 7) is 4.04. The quantitative estimate of drug-likeness (QED) is 0.843. The summed E-state index contributed by atoms with van der Waals surface area (Å²) >= 11 is 0. The molecule has 2 heterocycles. The normalized spacial score (nSPS) is 14.6. The van der Waals surface area contributed by atoms with Gasteiger partial charge in [0.25, 0.3) is 11.8 Å². The number of carbonyl (C=O) groups excluding carboxylic acids is 2. The van der Waals surface area contributed by atoms with E-state index in [1.165, 1.54) is 12.8 Å². The van der Waals surface area contributed by atoms with E-state index in [-0.39, 0.29) is 11.8 Å². The van der Waals surface area contributed by atoms with Crippen LogP contribution >= 0.6 is 0 Å². The largest absolute Gasteiger partial charge is 0.339 e. The molecule has 5 heteroatoms. The van der Waals surface area contributed by atoms with Crippen molar-refractivity contribution in [1.29, 1.82) is 0 Å². The van der Waals surface area contributed by atoms with E-state index in [0.29, 0.717) is 17.8 Å². The molecule has 0 saturated carbocycles. The van der Waals surface area contributed by atoms with E-state index in [9.17, 15) is 9.59 Å². The first-order chi connectivity index (χ1) is 12.7. The van der Waals surface area contributed by atoms with Gasteiger partial charge in [-0.25, -0.2) is 0 Å². The minimum absolute atomic E-state index is 0.00823. The van der Waals surface area contributed by atoms with Gasteiger partial charge in [0.1, 0.15) is 5.69 Å². The molecular weight excluding hydrogens is 326 g/mol. The predicted molar refractivity (Wildman–Crippen MR) is 102 cm³/mol. The van der Waals surface area contributed by atoms with E-state index in [1.54, 1.807) is 23.2 Å². The Morgan fingerprint density at radius 1 is 1.04 bits per heavy atom. The third kappa shape index (κ3) is 4.10. The highest BCUT2D eigenvalue weighted by atomic mass is 16.2. The van der Waals surface area contributed by atoms with Crippen LogP contribution in [0.1, 0.15) is 53.5 Å². The van der Waals surface area contributed by atoms with Crippen molar-refractivity contribution in [2.75, 3.05) is 24.5 Å². The van der Waals surface area contributed by atoms with Gasteiger partial charge in [0.15, 0.2) is 0 Å². The second-order valence-electron chi connectivity index (χ2n) is 6.52. The molecule has 0 radical (unpaired) electrons. The maximum atomic E-state index is 12.9. The summed E-state index contributed by atoms with van der Waals surface area (Å²) in [5, 5.41) is 0. The molecule has 0 spiro atoms. The zero-order chi connectivity index (χ0) is 18.4. The van der Waals surface area contributed by atoms with Gasteiger partial charge in [0.2, 0.25) is 0 Å². The number of amides is 2. The van der Waals surface area contributed by atoms with Crippen LogP contribution in [0.25, 0.3) is 0 Å². The van der Waals surface area contributed by atoms with Gasteiger partial charge in [-0.3, -0.25) is 14.6 Å². The average molecular weight is 351 g/mol. The molecule has 0 bridgehead atoms. The lowest BCUT2D eigenvalue weighted by molar-refractivity contribution is 0.0761. The molecule has 3 rings (SSSR count). The number of likely N-dealkylation sites (tertiary alicyclic amines) is 1. The van der Waals surface area contributed by atoms with Crippen LogP contribution < -0.4 is 4.90 Å². The summed E-state index contributed by atoms with van der Waals surface area (Å²) in [6.07, 6.45) is 5.98. The van der Waals surface area contributed by atoms with E-state index < -0.39 is 0 Å². The van der Waals surface area contributed by atoms with E-state index in [0.717, 1.165) is 31.6 Å². The number of para-hydroxylation sites is 1. The van der Waals surface area contributed by atoms with Crippen molar-refractivity contribution in [1.82, 2.24) is 9.88 Å². The van der Waals surface area contributed by atoms with Crippen LogP contribution in [0.4, 0.5) is 5.69 Å². The number of benzene rings is 1. The number of carbonyl (C=O) groups is 2. The third-order valence-corrected chi connectivity index (χ3v) is 4.75. The number of aromatic nitrogens is 1. The van der Waals surface area contributed by atoms with E-state index >= 15 is 0 Å². The minimum atomic E-state index is -0.191. The van der Waals surface area contributed by atoms with Crippen molar-refractivity contribution in [3.8, 4) is 0 Å². The van der Waals surface area contributed by atoms with Gasteiger partial charge >= 0.3 is 0 Å². The molecule has 136 valence electrons. The van der Waals surface area contributed by atoms with E-state index in [4.69, 9.17) is 0 Å². The van der Waals surface area contributed by atoms with Crippen molar-refractivity contribution in [2.45, 2.75) is 32.6 Å². The molecule has 0 atom stereocenters. The van der Waals surface area contributed by atoms with Gasteiger partial charge in [0.05, 0.1) is 0 Å². The number of pyridine rings is 1. The Balaban J connectivity index is 1.81. The molecule has 26 heavy (non-hydrogen) atoms. The third-order valence-electron chi connectivity index (χ3n) is 4.75. The highest BCUT2D eigenvalue weighted by molar-refractivity contribution is 6.06. The van der Waals surface area contributed by atoms with Crippen molar-refractivity contribution >= 4 is 17.5 Å². The lowest BCUT2D eigenvalue weighted by Gasteiger charge is -2.22. The molecule has 5 nitrogen and oxygen atoms in total. The molecule has 2 amide bonds. The monoisotopic (exact) mass is 351 g/mol. The highest BCUT2D eigenvalue weighted by Gasteiger charge is 2.21. The average Bonchev–Trinajstić information content (AvgIpc) is 2.98. The Morgan fingerprint density at radius 2 is 1.73 bits per heavy atom. The molecule has 1 saturated heterocycles. The first-order valence-corrected chi connectivity index (χ1v) is 9.33. The first-order valence-electron chi connectivity index (χ1n) is 9.33. The minimum Gasteiger partial charge on any atom is -0.339 e. The Labute approximate surface area is 154 Å². The number of hydrogen-bond acceptors (Lipinski definition) is 3. The molecule has 1 aromatic carbocycles. The fraction of sp³-hybridized carbons (Fsp3) is 0.381. The molecule has 0 N–H and O–H groups in total. The van der Waals surface area contributed by atoms with Gasteiger partial charge in [-0.15, -0.1) is 0 Å². The molecule has 1 fully saturated rings. The first kappa shape index (κ1) is 18.1. The summed E-state index contributed by atoms with van der Waals surface area (Å²) in [4.78, 5) is 33.5. The van der Waals surface area contributed by atoms with Gasteiger partial charge < -0.3 is 9.80 Å². The fourth-order valence-corrected chi connectivity index (χ4v) is 3.33. The van der Waals surface area contributed by atoms with E-state index in [1.807, 2.05) is 42.2 Å². The number of anilines is 1. The summed E-state index contributed by atoms with van der Waals surface area (Å²) in [7, 11) is 0. The van der Waals surface area contributed by atoms with Gasteiger partial charge in [-0.05, 0) is 44.0 Å². The standard InChI is InChI=1S/C21H25N3O2/c1-2-24(18-10-6-5-7-11-18)21(26)19-16-17(12-13-22-19)20(25)23-14-8-3-4-9-15-23/h5-7,10-13,16H,2-4,8-9,14-15H2,1H3. The topological polar surface area (TPSA) is 53.5 Å². The van der Waals surface area contributed by atoms with Gasteiger partial charge in [-0.2, -0.15) is 0 Å². The van der Waals surface area contributed by atoms with Crippen molar-refractivity contribution in [3.63, 3.8) is 0 Å². The van der Waals surface area contributed by atoms with Crippen molar-refractivity contribution < 1.29 is 9.59 Å². The summed E-state index contributed by atoms with van der Waals surface area (Å²) in [5.74, 6) is -0.199. The van der Waals surface area contributed by atoms with Crippen molar-refractivity contribution in [3.05, 3.63) is 59.9 Å². The molecular formula is C21H25N3O2. The Hall–Kier alpha value is -2.69. The summed E-state index contributed by atoms with van der Waals surface area (Å²) in [6, 6.07) is 12.8. The van der Waals surface area contributed by atoms with Crippen LogP contribution in [0.3, 0.4) is 0 Å². The smallest absolute Gasteiger partial charge is 0.276 e. The van der Waals surface area contributed by atoms with Crippen LogP contribution in [0.2, 0.25) is 0 Å². The van der Waals surface area contributed by atoms with Crippen LogP contribution in [-0.2, 0) is 0 Å². The molecule has 1 aliphatic rings. The van der Waals surface area contributed by atoms with Crippen LogP contribution in [0.5, 0.6) is 0 Å². The predicted octanol–water partition coefficient (Wildman–Crippen LogP) is 3.76. The number of hydrogen-bond donors (Lipinski definition) is 0. The second kappa shape index (κ2) is 8.61.